The zero-order valence-corrected chi connectivity index (χ0v) is 8.90. The van der Waals surface area contributed by atoms with Gasteiger partial charge in [0.25, 0.3) is 0 Å². The molecule has 1 aliphatic heterocycles. The molecule has 0 atom stereocenters. The fourth-order valence-electron chi connectivity index (χ4n) is 1.88. The van der Waals surface area contributed by atoms with Gasteiger partial charge in [0, 0.05) is 11.1 Å². The number of hydrogen-bond acceptors (Lipinski definition) is 2. The minimum atomic E-state index is 1.13. The SMILES string of the molecule is Cc1ccc2nc3c(cc2c1)CCS3. The van der Waals surface area contributed by atoms with Gasteiger partial charge in [0.1, 0.15) is 0 Å². The van der Waals surface area contributed by atoms with Gasteiger partial charge in [-0.1, -0.05) is 11.6 Å². The van der Waals surface area contributed by atoms with Crippen molar-refractivity contribution < 1.29 is 0 Å². The standard InChI is InChI=1S/C12H11NS/c1-8-2-3-11-10(6-8)7-9-4-5-14-12(9)13-11/h2-3,6-7H,4-5H2,1H3. The number of thioether (sulfide) groups is 1. The lowest BCUT2D eigenvalue weighted by atomic mass is 10.1. The largest absolute Gasteiger partial charge is 0.241 e. The van der Waals surface area contributed by atoms with Crippen LogP contribution < -0.4 is 0 Å². The van der Waals surface area contributed by atoms with Gasteiger partial charge in [0.15, 0.2) is 0 Å². The van der Waals surface area contributed by atoms with Crippen molar-refractivity contribution in [3.05, 3.63) is 35.4 Å². The summed E-state index contributed by atoms with van der Waals surface area (Å²) >= 11 is 1.88. The lowest BCUT2D eigenvalue weighted by molar-refractivity contribution is 1.08. The molecule has 14 heavy (non-hydrogen) atoms. The summed E-state index contributed by atoms with van der Waals surface area (Å²) in [6.07, 6.45) is 1.18. The first-order valence-corrected chi connectivity index (χ1v) is 5.84. The Morgan fingerprint density at radius 3 is 3.14 bits per heavy atom. The molecular weight excluding hydrogens is 190 g/mol. The predicted molar refractivity (Wildman–Crippen MR) is 60.9 cm³/mol. The van der Waals surface area contributed by atoms with E-state index in [1.54, 1.807) is 0 Å². The van der Waals surface area contributed by atoms with Gasteiger partial charge in [0.2, 0.25) is 0 Å². The topological polar surface area (TPSA) is 12.9 Å². The van der Waals surface area contributed by atoms with E-state index < -0.39 is 0 Å². The molecule has 0 amide bonds. The molecule has 0 radical (unpaired) electrons. The van der Waals surface area contributed by atoms with E-state index in [0.717, 1.165) is 5.52 Å². The summed E-state index contributed by atoms with van der Waals surface area (Å²) < 4.78 is 0. The zero-order chi connectivity index (χ0) is 9.54. The summed E-state index contributed by atoms with van der Waals surface area (Å²) in [6, 6.07) is 8.75. The molecule has 1 aromatic heterocycles. The van der Waals surface area contributed by atoms with Crippen LogP contribution in [0.4, 0.5) is 0 Å². The molecule has 1 aliphatic rings. The molecule has 1 aromatic carbocycles. The summed E-state index contributed by atoms with van der Waals surface area (Å²) in [5, 5.41) is 2.52. The molecule has 0 bridgehead atoms. The van der Waals surface area contributed by atoms with Crippen LogP contribution in [0.5, 0.6) is 0 Å². The van der Waals surface area contributed by atoms with E-state index >= 15 is 0 Å². The minimum Gasteiger partial charge on any atom is -0.241 e. The number of aromatic nitrogens is 1. The number of rotatable bonds is 0. The van der Waals surface area contributed by atoms with Gasteiger partial charge in [-0.25, -0.2) is 4.98 Å². The maximum absolute atomic E-state index is 4.66. The van der Waals surface area contributed by atoms with Crippen LogP contribution in [0, 0.1) is 6.92 Å². The molecule has 0 N–H and O–H groups in total. The molecular formula is C12H11NS. The first-order valence-electron chi connectivity index (χ1n) is 4.86. The van der Waals surface area contributed by atoms with E-state index in [1.807, 2.05) is 11.8 Å². The summed E-state index contributed by atoms with van der Waals surface area (Å²) in [5.74, 6) is 1.19. The van der Waals surface area contributed by atoms with Gasteiger partial charge in [-0.2, -0.15) is 0 Å². The monoisotopic (exact) mass is 201 g/mol. The summed E-state index contributed by atoms with van der Waals surface area (Å²) in [5.41, 5.74) is 3.86. The van der Waals surface area contributed by atoms with Crippen molar-refractivity contribution in [1.82, 2.24) is 4.98 Å². The Morgan fingerprint density at radius 2 is 2.21 bits per heavy atom. The highest BCUT2D eigenvalue weighted by atomic mass is 32.2. The maximum atomic E-state index is 4.66. The van der Waals surface area contributed by atoms with Crippen LogP contribution in [-0.2, 0) is 6.42 Å². The van der Waals surface area contributed by atoms with Crippen molar-refractivity contribution >= 4 is 22.7 Å². The van der Waals surface area contributed by atoms with Crippen LogP contribution in [0.2, 0.25) is 0 Å². The molecule has 0 saturated carbocycles. The van der Waals surface area contributed by atoms with Gasteiger partial charge >= 0.3 is 0 Å². The van der Waals surface area contributed by atoms with E-state index in [1.165, 1.54) is 33.7 Å². The number of pyridine rings is 1. The maximum Gasteiger partial charge on any atom is 0.1000 e. The molecule has 0 saturated heterocycles. The number of nitrogens with zero attached hydrogens (tertiary/aromatic N) is 1. The van der Waals surface area contributed by atoms with Crippen LogP contribution in [0.1, 0.15) is 11.1 Å². The number of benzene rings is 1. The molecule has 70 valence electrons. The van der Waals surface area contributed by atoms with Crippen LogP contribution >= 0.6 is 11.8 Å². The fraction of sp³-hybridized carbons (Fsp3) is 0.250. The van der Waals surface area contributed by atoms with E-state index in [2.05, 4.69) is 36.2 Å². The second kappa shape index (κ2) is 2.99. The van der Waals surface area contributed by atoms with Crippen LogP contribution in [0.3, 0.4) is 0 Å². The second-order valence-electron chi connectivity index (χ2n) is 3.75. The van der Waals surface area contributed by atoms with Gasteiger partial charge in [-0.15, -0.1) is 11.8 Å². The highest BCUT2D eigenvalue weighted by Crippen LogP contribution is 2.31. The number of fused-ring (bicyclic) bond motifs is 2. The highest BCUT2D eigenvalue weighted by molar-refractivity contribution is 7.99. The average molecular weight is 201 g/mol. The summed E-state index contributed by atoms with van der Waals surface area (Å²) in [7, 11) is 0. The Balaban J connectivity index is 2.33. The van der Waals surface area contributed by atoms with Crippen LogP contribution in [0.15, 0.2) is 29.3 Å². The van der Waals surface area contributed by atoms with Crippen molar-refractivity contribution in [3.63, 3.8) is 0 Å². The lowest BCUT2D eigenvalue weighted by Crippen LogP contribution is -1.86. The molecule has 0 fully saturated rings. The van der Waals surface area contributed by atoms with Gasteiger partial charge in [0.05, 0.1) is 10.5 Å². The van der Waals surface area contributed by atoms with Gasteiger partial charge in [-0.05, 0) is 37.1 Å². The Labute approximate surface area is 87.5 Å². The summed E-state index contributed by atoms with van der Waals surface area (Å²) in [6.45, 7) is 2.13. The highest BCUT2D eigenvalue weighted by Gasteiger charge is 2.13. The molecule has 2 heteroatoms. The zero-order valence-electron chi connectivity index (χ0n) is 8.08. The van der Waals surface area contributed by atoms with Crippen LogP contribution in [0.25, 0.3) is 10.9 Å². The Kier molecular flexibility index (Phi) is 1.77. The quantitative estimate of drug-likeness (QED) is 0.649. The Hall–Kier alpha value is -1.02. The second-order valence-corrected chi connectivity index (χ2v) is 4.83. The van der Waals surface area contributed by atoms with E-state index in [0.29, 0.717) is 0 Å². The fourth-order valence-corrected chi connectivity index (χ4v) is 2.91. The van der Waals surface area contributed by atoms with Crippen molar-refractivity contribution in [3.8, 4) is 0 Å². The molecule has 2 heterocycles. The van der Waals surface area contributed by atoms with E-state index in [-0.39, 0.29) is 0 Å². The van der Waals surface area contributed by atoms with Crippen molar-refractivity contribution in [1.29, 1.82) is 0 Å². The molecule has 3 rings (SSSR count). The molecule has 1 nitrogen and oxygen atoms in total. The normalized spacial score (nSPS) is 14.6. The van der Waals surface area contributed by atoms with Crippen molar-refractivity contribution in [2.45, 2.75) is 18.4 Å². The van der Waals surface area contributed by atoms with E-state index in [4.69, 9.17) is 0 Å². The first kappa shape index (κ1) is 8.30. The lowest BCUT2D eigenvalue weighted by Gasteiger charge is -2.02. The average Bonchev–Trinajstić information content (AvgIpc) is 2.61. The first-order chi connectivity index (χ1) is 6.83. The van der Waals surface area contributed by atoms with Crippen LogP contribution in [-0.4, -0.2) is 10.7 Å². The third-order valence-electron chi connectivity index (χ3n) is 2.62. The smallest absolute Gasteiger partial charge is 0.1000 e. The Morgan fingerprint density at radius 1 is 1.29 bits per heavy atom. The third-order valence-corrected chi connectivity index (χ3v) is 3.65. The molecule has 2 aromatic rings. The van der Waals surface area contributed by atoms with Crippen molar-refractivity contribution in [2.75, 3.05) is 5.75 Å². The molecule has 0 aliphatic carbocycles. The predicted octanol–water partition coefficient (Wildman–Crippen LogP) is 3.19. The number of aryl methyl sites for hydroxylation is 2. The molecule has 0 spiro atoms. The van der Waals surface area contributed by atoms with Gasteiger partial charge < -0.3 is 0 Å². The van der Waals surface area contributed by atoms with E-state index in [9.17, 15) is 0 Å². The summed E-state index contributed by atoms with van der Waals surface area (Å²) in [4.78, 5) is 4.66. The Bertz CT molecular complexity index is 505. The third kappa shape index (κ3) is 1.22. The van der Waals surface area contributed by atoms with Crippen molar-refractivity contribution in [2.24, 2.45) is 0 Å². The minimum absolute atomic E-state index is 1.13. The number of hydrogen-bond donors (Lipinski definition) is 0. The molecule has 0 unspecified atom stereocenters. The van der Waals surface area contributed by atoms with Gasteiger partial charge in [-0.3, -0.25) is 0 Å².